The molecule has 2 heterocycles. The molecule has 1 aliphatic rings. The van der Waals surface area contributed by atoms with Crippen molar-refractivity contribution in [3.8, 4) is 0 Å². The summed E-state index contributed by atoms with van der Waals surface area (Å²) in [6.45, 7) is 1.76. The summed E-state index contributed by atoms with van der Waals surface area (Å²) in [7, 11) is -2.95. The van der Waals surface area contributed by atoms with Gasteiger partial charge in [-0.2, -0.15) is 0 Å². The second-order valence-corrected chi connectivity index (χ2v) is 5.62. The Morgan fingerprint density at radius 1 is 1.36 bits per heavy atom. The second kappa shape index (κ2) is 2.91. The third-order valence-corrected chi connectivity index (χ3v) is 3.89. The largest absolute Gasteiger partial charge is 0.368 e. The summed E-state index contributed by atoms with van der Waals surface area (Å²) in [6.07, 6.45) is 0.450. The van der Waals surface area contributed by atoms with Gasteiger partial charge in [-0.25, -0.2) is 18.4 Å². The van der Waals surface area contributed by atoms with E-state index < -0.39 is 9.84 Å². The van der Waals surface area contributed by atoms with Crippen molar-refractivity contribution in [3.63, 3.8) is 0 Å². The van der Waals surface area contributed by atoms with Crippen LogP contribution in [0.15, 0.2) is 0 Å². The monoisotopic (exact) mass is 213 g/mol. The zero-order valence-electron chi connectivity index (χ0n) is 7.82. The van der Waals surface area contributed by atoms with E-state index in [0.29, 0.717) is 12.1 Å². The van der Waals surface area contributed by atoms with Crippen LogP contribution in [0.2, 0.25) is 0 Å². The first kappa shape index (κ1) is 9.39. The molecule has 0 saturated carbocycles. The van der Waals surface area contributed by atoms with Crippen LogP contribution in [0.3, 0.4) is 0 Å². The highest BCUT2D eigenvalue weighted by Gasteiger charge is 2.24. The van der Waals surface area contributed by atoms with E-state index in [2.05, 4.69) is 9.97 Å². The summed E-state index contributed by atoms with van der Waals surface area (Å²) in [5, 5.41) is 0. The summed E-state index contributed by atoms with van der Waals surface area (Å²) in [4.78, 5) is 8.00. The minimum absolute atomic E-state index is 0.0500. The summed E-state index contributed by atoms with van der Waals surface area (Å²) < 4.78 is 22.7. The third kappa shape index (κ3) is 1.57. The van der Waals surface area contributed by atoms with Gasteiger partial charge in [-0.1, -0.05) is 0 Å². The van der Waals surface area contributed by atoms with Gasteiger partial charge in [0, 0.05) is 17.7 Å². The van der Waals surface area contributed by atoms with Gasteiger partial charge in [0.25, 0.3) is 0 Å². The number of anilines is 1. The number of fused-ring (bicyclic) bond motifs is 1. The molecule has 0 spiro atoms. The molecule has 0 bridgehead atoms. The molecule has 14 heavy (non-hydrogen) atoms. The first-order chi connectivity index (χ1) is 6.48. The Balaban J connectivity index is 2.58. The maximum atomic E-state index is 11.4. The Kier molecular flexibility index (Phi) is 1.95. The van der Waals surface area contributed by atoms with Gasteiger partial charge in [0.15, 0.2) is 9.84 Å². The highest BCUT2D eigenvalue weighted by Crippen LogP contribution is 2.21. The maximum absolute atomic E-state index is 11.4. The fraction of sp³-hybridized carbons (Fsp3) is 0.500. The van der Waals surface area contributed by atoms with Crippen LogP contribution in [0.1, 0.15) is 17.0 Å². The lowest BCUT2D eigenvalue weighted by Crippen LogP contribution is -2.22. The summed E-state index contributed by atoms with van der Waals surface area (Å²) in [5.74, 6) is 0.435. The van der Waals surface area contributed by atoms with Crippen molar-refractivity contribution in [1.29, 1.82) is 0 Å². The minimum atomic E-state index is -2.95. The molecule has 0 amide bonds. The fourth-order valence-corrected chi connectivity index (χ4v) is 3.08. The third-order valence-electron chi connectivity index (χ3n) is 2.33. The quantitative estimate of drug-likeness (QED) is 0.647. The molecule has 0 aliphatic carbocycles. The zero-order valence-corrected chi connectivity index (χ0v) is 8.63. The highest BCUT2D eigenvalue weighted by molar-refractivity contribution is 7.90. The molecule has 2 rings (SSSR count). The van der Waals surface area contributed by atoms with Crippen molar-refractivity contribution >= 4 is 15.8 Å². The van der Waals surface area contributed by atoms with Gasteiger partial charge in [0.1, 0.15) is 0 Å². The Hall–Kier alpha value is -1.17. The van der Waals surface area contributed by atoms with Crippen LogP contribution in [0.25, 0.3) is 0 Å². The minimum Gasteiger partial charge on any atom is -0.368 e. The Morgan fingerprint density at radius 2 is 2.07 bits per heavy atom. The number of rotatable bonds is 0. The number of aromatic nitrogens is 2. The van der Waals surface area contributed by atoms with Crippen LogP contribution in [0.4, 0.5) is 5.95 Å². The predicted molar refractivity (Wildman–Crippen MR) is 52.4 cm³/mol. The normalized spacial score (nSPS) is 18.9. The molecule has 2 N–H and O–H groups in total. The molecule has 1 aromatic heterocycles. The average Bonchev–Trinajstić information content (AvgIpc) is 2.06. The molecule has 5 nitrogen and oxygen atoms in total. The molecule has 1 aliphatic heterocycles. The molecule has 0 unspecified atom stereocenters. The van der Waals surface area contributed by atoms with Crippen LogP contribution in [-0.4, -0.2) is 24.1 Å². The number of hydrogen-bond donors (Lipinski definition) is 1. The van der Waals surface area contributed by atoms with Crippen LogP contribution in [0.5, 0.6) is 0 Å². The maximum Gasteiger partial charge on any atom is 0.220 e. The van der Waals surface area contributed by atoms with Gasteiger partial charge in [0.2, 0.25) is 5.95 Å². The lowest BCUT2D eigenvalue weighted by Gasteiger charge is -2.16. The number of nitrogen functional groups attached to an aromatic ring is 1. The van der Waals surface area contributed by atoms with Crippen molar-refractivity contribution in [2.24, 2.45) is 0 Å². The molecular formula is C8H11N3O2S. The molecule has 0 fully saturated rings. The summed E-state index contributed by atoms with van der Waals surface area (Å²) in [6, 6.07) is 0. The molecule has 0 aromatic carbocycles. The SMILES string of the molecule is Cc1nc(N)nc2c1CS(=O)(=O)CC2. The van der Waals surface area contributed by atoms with Gasteiger partial charge in [-0.3, -0.25) is 0 Å². The number of hydrogen-bond acceptors (Lipinski definition) is 5. The lowest BCUT2D eigenvalue weighted by molar-refractivity contribution is 0.590. The Bertz CT molecular complexity index is 482. The van der Waals surface area contributed by atoms with E-state index in [-0.39, 0.29) is 17.5 Å². The van der Waals surface area contributed by atoms with Crippen molar-refractivity contribution in [2.75, 3.05) is 11.5 Å². The topological polar surface area (TPSA) is 85.9 Å². The number of nitrogens with zero attached hydrogens (tertiary/aromatic N) is 2. The van der Waals surface area contributed by atoms with E-state index in [4.69, 9.17) is 5.73 Å². The molecular weight excluding hydrogens is 202 g/mol. The van der Waals surface area contributed by atoms with Gasteiger partial charge in [-0.05, 0) is 6.92 Å². The molecule has 0 radical (unpaired) electrons. The van der Waals surface area contributed by atoms with Crippen molar-refractivity contribution in [3.05, 3.63) is 17.0 Å². The lowest BCUT2D eigenvalue weighted by atomic mass is 10.1. The molecule has 0 saturated heterocycles. The van der Waals surface area contributed by atoms with E-state index in [1.165, 1.54) is 0 Å². The van der Waals surface area contributed by atoms with E-state index in [1.807, 2.05) is 0 Å². The van der Waals surface area contributed by atoms with Gasteiger partial charge < -0.3 is 5.73 Å². The highest BCUT2D eigenvalue weighted by atomic mass is 32.2. The van der Waals surface area contributed by atoms with E-state index in [0.717, 1.165) is 11.3 Å². The molecule has 76 valence electrons. The van der Waals surface area contributed by atoms with Gasteiger partial charge in [0.05, 0.1) is 17.2 Å². The van der Waals surface area contributed by atoms with Crippen LogP contribution in [-0.2, 0) is 22.0 Å². The van der Waals surface area contributed by atoms with Gasteiger partial charge >= 0.3 is 0 Å². The van der Waals surface area contributed by atoms with Crippen LogP contribution >= 0.6 is 0 Å². The number of nitrogens with two attached hydrogens (primary N) is 1. The average molecular weight is 213 g/mol. The van der Waals surface area contributed by atoms with Crippen molar-refractivity contribution in [1.82, 2.24) is 9.97 Å². The summed E-state index contributed by atoms with van der Waals surface area (Å²) >= 11 is 0. The first-order valence-corrected chi connectivity index (χ1v) is 6.12. The Labute approximate surface area is 82.3 Å². The van der Waals surface area contributed by atoms with E-state index >= 15 is 0 Å². The fourth-order valence-electron chi connectivity index (χ4n) is 1.62. The van der Waals surface area contributed by atoms with Gasteiger partial charge in [-0.15, -0.1) is 0 Å². The van der Waals surface area contributed by atoms with E-state index in [1.54, 1.807) is 6.92 Å². The van der Waals surface area contributed by atoms with Crippen molar-refractivity contribution < 1.29 is 8.42 Å². The first-order valence-electron chi connectivity index (χ1n) is 4.30. The summed E-state index contributed by atoms with van der Waals surface area (Å²) in [5.41, 5.74) is 7.66. The van der Waals surface area contributed by atoms with Crippen molar-refractivity contribution in [2.45, 2.75) is 19.1 Å². The molecule has 6 heteroatoms. The standard InChI is InChI=1S/C8H11N3O2S/c1-5-6-4-14(12,13)3-2-7(6)11-8(9)10-5/h2-4H2,1H3,(H2,9,10,11). The van der Waals surface area contributed by atoms with Crippen LogP contribution in [0, 0.1) is 6.92 Å². The van der Waals surface area contributed by atoms with E-state index in [9.17, 15) is 8.42 Å². The van der Waals surface area contributed by atoms with Crippen LogP contribution < -0.4 is 5.73 Å². The number of aryl methyl sites for hydroxylation is 2. The number of sulfone groups is 1. The Morgan fingerprint density at radius 3 is 2.79 bits per heavy atom. The molecule has 1 aromatic rings. The second-order valence-electron chi connectivity index (χ2n) is 3.43. The predicted octanol–water partition coefficient (Wildman–Crippen LogP) is -0.162. The smallest absolute Gasteiger partial charge is 0.220 e. The zero-order chi connectivity index (χ0) is 10.3. The molecule has 0 atom stereocenters.